The van der Waals surface area contributed by atoms with Gasteiger partial charge in [0.2, 0.25) is 5.52 Å². The van der Waals surface area contributed by atoms with Crippen molar-refractivity contribution in [2.45, 2.75) is 41.5 Å². The van der Waals surface area contributed by atoms with Crippen LogP contribution in [0.25, 0.3) is 0 Å². The van der Waals surface area contributed by atoms with E-state index in [4.69, 9.17) is 9.47 Å². The Labute approximate surface area is 201 Å². The van der Waals surface area contributed by atoms with E-state index in [1.165, 1.54) is 0 Å². The molecule has 0 saturated heterocycles. The molecular formula is C28H31O5P. The lowest BCUT2D eigenvalue weighted by molar-refractivity contribution is 0.103. The number of rotatable bonds is 9. The van der Waals surface area contributed by atoms with Crippen LogP contribution in [0.15, 0.2) is 48.5 Å². The van der Waals surface area contributed by atoms with Gasteiger partial charge in [-0.2, -0.15) is 0 Å². The Morgan fingerprint density at radius 3 is 2.09 bits per heavy atom. The van der Waals surface area contributed by atoms with Crippen molar-refractivity contribution >= 4 is 24.4 Å². The van der Waals surface area contributed by atoms with Crippen LogP contribution in [0.1, 0.15) is 62.4 Å². The highest BCUT2D eigenvalue weighted by Crippen LogP contribution is 2.40. The minimum Gasteiger partial charge on any atom is -0.493 e. The summed E-state index contributed by atoms with van der Waals surface area (Å²) in [4.78, 5) is 27.0. The summed E-state index contributed by atoms with van der Waals surface area (Å²) in [6.07, 6.45) is 0. The highest BCUT2D eigenvalue weighted by Gasteiger charge is 2.30. The van der Waals surface area contributed by atoms with Crippen LogP contribution >= 0.6 is 7.80 Å². The van der Waals surface area contributed by atoms with Gasteiger partial charge in [-0.25, -0.2) is 0 Å². The standard InChI is InChI=1S/C28H31O5P/c1-7-32-23-15-14-22(25(29)21-12-10-9-11-13-21)26(33-8-2)27(23)34(31)28(30)24-18(4)16-17(3)19(5)20(24)6/h9-16,34H,7-8H2,1-6H3. The van der Waals surface area contributed by atoms with Crippen molar-refractivity contribution in [2.24, 2.45) is 0 Å². The molecule has 178 valence electrons. The smallest absolute Gasteiger partial charge is 0.223 e. The Hall–Kier alpha value is -3.17. The summed E-state index contributed by atoms with van der Waals surface area (Å²) in [7, 11) is -3.10. The van der Waals surface area contributed by atoms with E-state index in [1.54, 1.807) is 43.3 Å². The molecule has 34 heavy (non-hydrogen) atoms. The first-order valence-corrected chi connectivity index (χ1v) is 12.8. The number of hydrogen-bond donors (Lipinski definition) is 0. The highest BCUT2D eigenvalue weighted by atomic mass is 31.1. The molecule has 1 unspecified atom stereocenters. The second-order valence-electron chi connectivity index (χ2n) is 8.17. The first-order valence-electron chi connectivity index (χ1n) is 11.4. The summed E-state index contributed by atoms with van der Waals surface area (Å²) in [6.45, 7) is 11.8. The maximum absolute atomic E-state index is 13.9. The molecule has 0 N–H and O–H groups in total. The molecule has 5 nitrogen and oxygen atoms in total. The summed E-state index contributed by atoms with van der Waals surface area (Å²) in [5.74, 6) is 0.180. The molecule has 0 amide bonds. The van der Waals surface area contributed by atoms with E-state index in [0.29, 0.717) is 23.5 Å². The van der Waals surface area contributed by atoms with E-state index in [9.17, 15) is 14.2 Å². The predicted octanol–water partition coefficient (Wildman–Crippen LogP) is 5.97. The van der Waals surface area contributed by atoms with Crippen LogP contribution in [0.4, 0.5) is 0 Å². The topological polar surface area (TPSA) is 69.7 Å². The van der Waals surface area contributed by atoms with Gasteiger partial charge in [0, 0.05) is 11.1 Å². The van der Waals surface area contributed by atoms with Crippen LogP contribution in [0.3, 0.4) is 0 Å². The van der Waals surface area contributed by atoms with Crippen molar-refractivity contribution in [1.82, 2.24) is 0 Å². The fourth-order valence-electron chi connectivity index (χ4n) is 4.13. The number of carbonyl (C=O) groups excluding carboxylic acids is 2. The summed E-state index contributed by atoms with van der Waals surface area (Å²) >= 11 is 0. The zero-order chi connectivity index (χ0) is 25.0. The van der Waals surface area contributed by atoms with Crippen molar-refractivity contribution < 1.29 is 23.6 Å². The lowest BCUT2D eigenvalue weighted by atomic mass is 9.95. The third-order valence-corrected chi connectivity index (χ3v) is 7.60. The predicted molar refractivity (Wildman–Crippen MR) is 137 cm³/mol. The van der Waals surface area contributed by atoms with Crippen LogP contribution in [-0.4, -0.2) is 24.5 Å². The highest BCUT2D eigenvalue weighted by molar-refractivity contribution is 7.72. The third-order valence-electron chi connectivity index (χ3n) is 6.01. The number of ether oxygens (including phenoxy) is 2. The van der Waals surface area contributed by atoms with Gasteiger partial charge in [-0.15, -0.1) is 0 Å². The average molecular weight is 479 g/mol. The Kier molecular flexibility index (Phi) is 8.11. The van der Waals surface area contributed by atoms with Gasteiger partial charge in [0.25, 0.3) is 0 Å². The van der Waals surface area contributed by atoms with Gasteiger partial charge in [0.15, 0.2) is 13.6 Å². The van der Waals surface area contributed by atoms with Crippen LogP contribution in [0, 0.1) is 27.7 Å². The van der Waals surface area contributed by atoms with Crippen LogP contribution in [-0.2, 0) is 4.57 Å². The molecular weight excluding hydrogens is 447 g/mol. The molecule has 0 bridgehead atoms. The summed E-state index contributed by atoms with van der Waals surface area (Å²) in [5.41, 5.74) is 4.38. The van der Waals surface area contributed by atoms with E-state index in [-0.39, 0.29) is 29.0 Å². The fourth-order valence-corrected chi connectivity index (χ4v) is 5.77. The van der Waals surface area contributed by atoms with E-state index in [0.717, 1.165) is 22.3 Å². The number of ketones is 1. The Bertz CT molecular complexity index is 1260. The average Bonchev–Trinajstić information content (AvgIpc) is 2.83. The van der Waals surface area contributed by atoms with Gasteiger partial charge in [-0.05, 0) is 75.9 Å². The van der Waals surface area contributed by atoms with Gasteiger partial charge in [0.1, 0.15) is 16.8 Å². The van der Waals surface area contributed by atoms with Crippen LogP contribution in [0.2, 0.25) is 0 Å². The molecule has 0 aliphatic heterocycles. The van der Waals surface area contributed by atoms with Gasteiger partial charge in [-0.1, -0.05) is 36.4 Å². The minimum atomic E-state index is -3.10. The van der Waals surface area contributed by atoms with Crippen molar-refractivity contribution in [3.8, 4) is 11.5 Å². The van der Waals surface area contributed by atoms with Crippen LogP contribution in [0.5, 0.6) is 11.5 Å². The van der Waals surface area contributed by atoms with Crippen molar-refractivity contribution in [1.29, 1.82) is 0 Å². The van der Waals surface area contributed by atoms with Crippen molar-refractivity contribution in [3.63, 3.8) is 0 Å². The molecule has 0 saturated carbocycles. The number of hydrogen-bond acceptors (Lipinski definition) is 5. The maximum atomic E-state index is 13.9. The summed E-state index contributed by atoms with van der Waals surface area (Å²) in [6, 6.07) is 14.0. The second kappa shape index (κ2) is 10.8. The van der Waals surface area contributed by atoms with E-state index in [1.807, 2.05) is 46.8 Å². The quantitative estimate of drug-likeness (QED) is 0.280. The Balaban J connectivity index is 2.23. The fraction of sp³-hybridized carbons (Fsp3) is 0.286. The number of aryl methyl sites for hydroxylation is 2. The molecule has 0 radical (unpaired) electrons. The maximum Gasteiger partial charge on any atom is 0.223 e. The van der Waals surface area contributed by atoms with E-state index >= 15 is 0 Å². The van der Waals surface area contributed by atoms with Crippen molar-refractivity contribution in [3.05, 3.63) is 87.5 Å². The SMILES string of the molecule is CCOc1ccc(C(=O)c2ccccc2)c(OCC)c1[PH](=O)C(=O)c1c(C)cc(C)c(C)c1C. The third kappa shape index (κ3) is 4.85. The molecule has 0 fully saturated rings. The van der Waals surface area contributed by atoms with Gasteiger partial charge < -0.3 is 14.0 Å². The lowest BCUT2D eigenvalue weighted by Gasteiger charge is -2.19. The van der Waals surface area contributed by atoms with E-state index < -0.39 is 13.3 Å². The lowest BCUT2D eigenvalue weighted by Crippen LogP contribution is -2.18. The van der Waals surface area contributed by atoms with Crippen LogP contribution < -0.4 is 14.8 Å². The monoisotopic (exact) mass is 478 g/mol. The zero-order valence-electron chi connectivity index (χ0n) is 20.6. The molecule has 6 heteroatoms. The Morgan fingerprint density at radius 2 is 1.47 bits per heavy atom. The molecule has 3 rings (SSSR count). The summed E-state index contributed by atoms with van der Waals surface area (Å²) in [5, 5.41) is 0.164. The molecule has 0 aliphatic carbocycles. The Morgan fingerprint density at radius 1 is 0.824 bits per heavy atom. The van der Waals surface area contributed by atoms with Crippen molar-refractivity contribution in [2.75, 3.05) is 13.2 Å². The molecule has 1 atom stereocenters. The number of benzene rings is 3. The zero-order valence-corrected chi connectivity index (χ0v) is 21.6. The first kappa shape index (κ1) is 25.5. The molecule has 0 heterocycles. The van der Waals surface area contributed by atoms with Gasteiger partial charge >= 0.3 is 0 Å². The minimum absolute atomic E-state index is 0.152. The van der Waals surface area contributed by atoms with Gasteiger partial charge in [0.05, 0.1) is 18.8 Å². The largest absolute Gasteiger partial charge is 0.493 e. The van der Waals surface area contributed by atoms with Gasteiger partial charge in [-0.3, -0.25) is 9.59 Å². The normalized spacial score (nSPS) is 11.7. The molecule has 0 aromatic heterocycles. The van der Waals surface area contributed by atoms with E-state index in [2.05, 4.69) is 0 Å². The second-order valence-corrected chi connectivity index (χ2v) is 9.78. The number of carbonyl (C=O) groups is 2. The summed E-state index contributed by atoms with van der Waals surface area (Å²) < 4.78 is 25.6. The molecule has 3 aromatic carbocycles. The first-order chi connectivity index (χ1) is 16.2. The molecule has 3 aromatic rings. The molecule has 0 spiro atoms. The molecule has 0 aliphatic rings.